The summed E-state index contributed by atoms with van der Waals surface area (Å²) in [7, 11) is -3.26. The van der Waals surface area contributed by atoms with Crippen LogP contribution in [-0.4, -0.2) is 37.5 Å². The fourth-order valence-corrected chi connectivity index (χ4v) is 4.78. The standard InChI is InChI=1S/C21H25FN2O4S/c22-18-7-4-9-20(15-18)28-16-17-6-3-8-19(14-17)23-21(25)10-5-13-29(26,27)24-11-1-2-12-24/h3-4,6-9,14-15H,1-2,5,10-13,16H2,(H,23,25). The first-order valence-corrected chi connectivity index (χ1v) is 11.3. The van der Waals surface area contributed by atoms with Crippen LogP contribution in [0.1, 0.15) is 31.2 Å². The molecular weight excluding hydrogens is 395 g/mol. The molecular formula is C21H25FN2O4S. The van der Waals surface area contributed by atoms with E-state index in [1.54, 1.807) is 30.3 Å². The van der Waals surface area contributed by atoms with E-state index < -0.39 is 10.0 Å². The molecule has 0 bridgehead atoms. The van der Waals surface area contributed by atoms with Crippen molar-refractivity contribution in [2.24, 2.45) is 0 Å². The minimum atomic E-state index is -3.26. The number of anilines is 1. The normalized spacial score (nSPS) is 14.7. The highest BCUT2D eigenvalue weighted by Gasteiger charge is 2.24. The average Bonchev–Trinajstić information content (AvgIpc) is 3.22. The first-order valence-electron chi connectivity index (χ1n) is 9.67. The van der Waals surface area contributed by atoms with Gasteiger partial charge in [0, 0.05) is 31.3 Å². The van der Waals surface area contributed by atoms with Crippen molar-refractivity contribution in [1.82, 2.24) is 4.31 Å². The summed E-state index contributed by atoms with van der Waals surface area (Å²) in [6.07, 6.45) is 2.22. The van der Waals surface area contributed by atoms with Crippen molar-refractivity contribution in [2.45, 2.75) is 32.3 Å². The topological polar surface area (TPSA) is 75.7 Å². The zero-order chi connectivity index (χ0) is 20.7. The van der Waals surface area contributed by atoms with Gasteiger partial charge in [0.05, 0.1) is 5.75 Å². The summed E-state index contributed by atoms with van der Waals surface area (Å²) in [5, 5.41) is 2.78. The molecule has 0 atom stereocenters. The number of nitrogens with zero attached hydrogens (tertiary/aromatic N) is 1. The number of carbonyl (C=O) groups is 1. The van der Waals surface area contributed by atoms with Gasteiger partial charge in [-0.25, -0.2) is 17.1 Å². The van der Waals surface area contributed by atoms with Crippen LogP contribution in [0.4, 0.5) is 10.1 Å². The Kier molecular flexibility index (Phi) is 7.22. The molecule has 29 heavy (non-hydrogen) atoms. The molecule has 0 aromatic heterocycles. The summed E-state index contributed by atoms with van der Waals surface area (Å²) in [5.74, 6) is -0.180. The largest absolute Gasteiger partial charge is 0.489 e. The fraction of sp³-hybridized carbons (Fsp3) is 0.381. The quantitative estimate of drug-likeness (QED) is 0.673. The van der Waals surface area contributed by atoms with Gasteiger partial charge in [-0.3, -0.25) is 4.79 Å². The molecule has 1 fully saturated rings. The van der Waals surface area contributed by atoms with Crippen LogP contribution in [0.5, 0.6) is 5.75 Å². The molecule has 1 aliphatic rings. The van der Waals surface area contributed by atoms with Gasteiger partial charge in [0.1, 0.15) is 18.2 Å². The van der Waals surface area contributed by atoms with Crippen molar-refractivity contribution in [1.29, 1.82) is 0 Å². The number of carbonyl (C=O) groups excluding carboxylic acids is 1. The van der Waals surface area contributed by atoms with Gasteiger partial charge in [0.2, 0.25) is 15.9 Å². The number of amides is 1. The average molecular weight is 421 g/mol. The molecule has 2 aromatic carbocycles. The van der Waals surface area contributed by atoms with Gasteiger partial charge in [-0.15, -0.1) is 0 Å². The van der Waals surface area contributed by atoms with Crippen LogP contribution < -0.4 is 10.1 Å². The number of benzene rings is 2. The third-order valence-corrected chi connectivity index (χ3v) is 6.63. The zero-order valence-electron chi connectivity index (χ0n) is 16.1. The van der Waals surface area contributed by atoms with E-state index in [1.165, 1.54) is 16.4 Å². The van der Waals surface area contributed by atoms with Crippen molar-refractivity contribution in [2.75, 3.05) is 24.2 Å². The van der Waals surface area contributed by atoms with Gasteiger partial charge in [-0.1, -0.05) is 18.2 Å². The van der Waals surface area contributed by atoms with E-state index in [1.807, 2.05) is 6.07 Å². The molecule has 6 nitrogen and oxygen atoms in total. The van der Waals surface area contributed by atoms with Crippen LogP contribution >= 0.6 is 0 Å². The fourth-order valence-electron chi connectivity index (χ4n) is 3.20. The number of ether oxygens (including phenoxy) is 1. The van der Waals surface area contributed by atoms with Crippen LogP contribution in [0, 0.1) is 5.82 Å². The Hall–Kier alpha value is -2.45. The lowest BCUT2D eigenvalue weighted by atomic mass is 10.2. The maximum absolute atomic E-state index is 13.2. The van der Waals surface area contributed by atoms with Crippen LogP contribution in [-0.2, 0) is 21.4 Å². The molecule has 1 saturated heterocycles. The molecule has 3 rings (SSSR count). The lowest BCUT2D eigenvalue weighted by Crippen LogP contribution is -2.30. The Morgan fingerprint density at radius 2 is 1.86 bits per heavy atom. The minimum Gasteiger partial charge on any atom is -0.489 e. The molecule has 1 amide bonds. The molecule has 8 heteroatoms. The van der Waals surface area contributed by atoms with E-state index in [2.05, 4.69) is 5.32 Å². The maximum atomic E-state index is 13.2. The van der Waals surface area contributed by atoms with Crippen LogP contribution in [0.25, 0.3) is 0 Å². The predicted molar refractivity (Wildman–Crippen MR) is 110 cm³/mol. The van der Waals surface area contributed by atoms with Gasteiger partial charge in [0.15, 0.2) is 0 Å². The van der Waals surface area contributed by atoms with E-state index in [4.69, 9.17) is 4.74 Å². The number of halogens is 1. The first-order chi connectivity index (χ1) is 13.9. The summed E-state index contributed by atoms with van der Waals surface area (Å²) >= 11 is 0. The Labute approximate surface area is 170 Å². The van der Waals surface area contributed by atoms with Crippen molar-refractivity contribution in [3.63, 3.8) is 0 Å². The molecule has 2 aromatic rings. The summed E-state index contributed by atoms with van der Waals surface area (Å²) in [6.45, 7) is 1.40. The van der Waals surface area contributed by atoms with Crippen molar-refractivity contribution in [3.05, 3.63) is 59.9 Å². The number of nitrogens with one attached hydrogen (secondary N) is 1. The summed E-state index contributed by atoms with van der Waals surface area (Å²) in [6, 6.07) is 13.1. The molecule has 0 spiro atoms. The first kappa shape index (κ1) is 21.3. The van der Waals surface area contributed by atoms with Crippen molar-refractivity contribution in [3.8, 4) is 5.75 Å². The van der Waals surface area contributed by atoms with Gasteiger partial charge in [-0.2, -0.15) is 0 Å². The third-order valence-electron chi connectivity index (χ3n) is 4.68. The Bertz CT molecular complexity index is 943. The summed E-state index contributed by atoms with van der Waals surface area (Å²) in [4.78, 5) is 12.2. The minimum absolute atomic E-state index is 0.0120. The lowest BCUT2D eigenvalue weighted by molar-refractivity contribution is -0.116. The highest BCUT2D eigenvalue weighted by atomic mass is 32.2. The molecule has 0 saturated carbocycles. The SMILES string of the molecule is O=C(CCCS(=O)(=O)N1CCCC1)Nc1cccc(COc2cccc(F)c2)c1. The van der Waals surface area contributed by atoms with E-state index >= 15 is 0 Å². The van der Waals surface area contributed by atoms with Gasteiger partial charge in [-0.05, 0) is 49.1 Å². The van der Waals surface area contributed by atoms with Crippen molar-refractivity contribution >= 4 is 21.6 Å². The van der Waals surface area contributed by atoms with Crippen LogP contribution in [0.3, 0.4) is 0 Å². The van der Waals surface area contributed by atoms with E-state index in [-0.39, 0.29) is 36.9 Å². The van der Waals surface area contributed by atoms with Gasteiger partial charge in [0.25, 0.3) is 0 Å². The number of rotatable bonds is 9. The number of hydrogen-bond donors (Lipinski definition) is 1. The van der Waals surface area contributed by atoms with Crippen molar-refractivity contribution < 1.29 is 22.3 Å². The monoisotopic (exact) mass is 420 g/mol. The number of sulfonamides is 1. The lowest BCUT2D eigenvalue weighted by Gasteiger charge is -2.15. The molecule has 0 aliphatic carbocycles. The van der Waals surface area contributed by atoms with Crippen LogP contribution in [0.2, 0.25) is 0 Å². The molecule has 1 N–H and O–H groups in total. The van der Waals surface area contributed by atoms with Crippen LogP contribution in [0.15, 0.2) is 48.5 Å². The smallest absolute Gasteiger partial charge is 0.224 e. The molecule has 0 unspecified atom stereocenters. The summed E-state index contributed by atoms with van der Waals surface area (Å²) in [5.41, 5.74) is 1.43. The summed E-state index contributed by atoms with van der Waals surface area (Å²) < 4.78 is 44.6. The highest BCUT2D eigenvalue weighted by molar-refractivity contribution is 7.89. The molecule has 1 aliphatic heterocycles. The molecule has 156 valence electrons. The second-order valence-electron chi connectivity index (χ2n) is 7.02. The molecule has 1 heterocycles. The Morgan fingerprint density at radius 1 is 1.10 bits per heavy atom. The second-order valence-corrected chi connectivity index (χ2v) is 9.11. The zero-order valence-corrected chi connectivity index (χ0v) is 17.0. The maximum Gasteiger partial charge on any atom is 0.224 e. The highest BCUT2D eigenvalue weighted by Crippen LogP contribution is 2.17. The second kappa shape index (κ2) is 9.84. The van der Waals surface area contributed by atoms with Gasteiger partial charge < -0.3 is 10.1 Å². The van der Waals surface area contributed by atoms with Gasteiger partial charge >= 0.3 is 0 Å². The third kappa shape index (κ3) is 6.54. The Balaban J connectivity index is 1.46. The molecule has 0 radical (unpaired) electrons. The number of hydrogen-bond acceptors (Lipinski definition) is 4. The van der Waals surface area contributed by atoms with E-state index in [0.717, 1.165) is 18.4 Å². The Morgan fingerprint density at radius 3 is 2.62 bits per heavy atom. The van der Waals surface area contributed by atoms with E-state index in [0.29, 0.717) is 24.5 Å². The van der Waals surface area contributed by atoms with E-state index in [9.17, 15) is 17.6 Å². The predicted octanol–water partition coefficient (Wildman–Crippen LogP) is 3.55.